The van der Waals surface area contributed by atoms with Gasteiger partial charge in [0.15, 0.2) is 15.0 Å². The van der Waals surface area contributed by atoms with E-state index in [9.17, 15) is 13.2 Å². The van der Waals surface area contributed by atoms with Gasteiger partial charge in [-0.1, -0.05) is 35.3 Å². The van der Waals surface area contributed by atoms with Crippen molar-refractivity contribution in [2.45, 2.75) is 24.0 Å². The molecule has 0 aliphatic carbocycles. The molecule has 1 heterocycles. The molecule has 0 unspecified atom stereocenters. The number of carbonyl (C=O) groups excluding carboxylic acids is 1. The second-order valence-corrected chi connectivity index (χ2v) is 10.4. The van der Waals surface area contributed by atoms with E-state index >= 15 is 0 Å². The molecule has 0 spiro atoms. The molecule has 3 aromatic rings. The monoisotopic (exact) mass is 454 g/mol. The van der Waals surface area contributed by atoms with E-state index in [1.54, 1.807) is 49.6 Å². The first-order chi connectivity index (χ1) is 13.2. The average molecular weight is 455 g/mol. The van der Waals surface area contributed by atoms with Crippen LogP contribution in [0.3, 0.4) is 0 Å². The Morgan fingerprint density at radius 1 is 1.11 bits per heavy atom. The fraction of sp³-hybridized carbons (Fsp3) is 0.158. The lowest BCUT2D eigenvalue weighted by Crippen LogP contribution is -2.16. The standard InChI is InChI=1S/C19H16Cl2N2O3S2/c1-11(2)28(25,26)14-5-3-4-13(8-14)18(24)23-19-22-17(10-27-19)12-6-7-15(20)16(21)9-12/h3-11H,1-2H3,(H,22,23,24). The Kier molecular flexibility index (Phi) is 6.09. The van der Waals surface area contributed by atoms with Gasteiger partial charge in [-0.15, -0.1) is 11.3 Å². The number of rotatable bonds is 5. The van der Waals surface area contributed by atoms with E-state index in [1.807, 2.05) is 0 Å². The van der Waals surface area contributed by atoms with Crippen molar-refractivity contribution in [2.24, 2.45) is 0 Å². The molecule has 5 nitrogen and oxygen atoms in total. The van der Waals surface area contributed by atoms with Crippen molar-refractivity contribution in [3.05, 3.63) is 63.5 Å². The molecule has 0 bridgehead atoms. The predicted octanol–water partition coefficient (Wildman–Crippen LogP) is 5.55. The van der Waals surface area contributed by atoms with Crippen molar-refractivity contribution in [2.75, 3.05) is 5.32 Å². The third-order valence-electron chi connectivity index (χ3n) is 3.99. The SMILES string of the molecule is CC(C)S(=O)(=O)c1cccc(C(=O)Nc2nc(-c3ccc(Cl)c(Cl)c3)cs2)c1. The molecule has 0 atom stereocenters. The molecule has 0 saturated carbocycles. The zero-order chi connectivity index (χ0) is 20.5. The van der Waals surface area contributed by atoms with Crippen LogP contribution < -0.4 is 5.32 Å². The number of hydrogen-bond donors (Lipinski definition) is 1. The quantitative estimate of drug-likeness (QED) is 0.547. The van der Waals surface area contributed by atoms with Gasteiger partial charge in [0.05, 0.1) is 25.9 Å². The maximum Gasteiger partial charge on any atom is 0.257 e. The summed E-state index contributed by atoms with van der Waals surface area (Å²) in [6.07, 6.45) is 0. The van der Waals surface area contributed by atoms with Gasteiger partial charge in [0.25, 0.3) is 5.91 Å². The van der Waals surface area contributed by atoms with E-state index in [0.717, 1.165) is 5.56 Å². The Morgan fingerprint density at radius 3 is 2.54 bits per heavy atom. The largest absolute Gasteiger partial charge is 0.298 e. The third kappa shape index (κ3) is 4.38. The number of nitrogens with zero attached hydrogens (tertiary/aromatic N) is 1. The van der Waals surface area contributed by atoms with Crippen LogP contribution in [0, 0.1) is 0 Å². The van der Waals surface area contributed by atoms with Crippen molar-refractivity contribution in [3.8, 4) is 11.3 Å². The molecule has 146 valence electrons. The van der Waals surface area contributed by atoms with Gasteiger partial charge in [0.1, 0.15) is 0 Å². The Hall–Kier alpha value is -1.93. The highest BCUT2D eigenvalue weighted by molar-refractivity contribution is 7.92. The number of halogens is 2. The molecule has 1 amide bonds. The van der Waals surface area contributed by atoms with Crippen LogP contribution in [0.15, 0.2) is 52.7 Å². The molecule has 0 aliphatic rings. The van der Waals surface area contributed by atoms with Crippen LogP contribution >= 0.6 is 34.5 Å². The number of benzene rings is 2. The number of nitrogens with one attached hydrogen (secondary N) is 1. The molecule has 1 aromatic heterocycles. The number of anilines is 1. The van der Waals surface area contributed by atoms with Crippen molar-refractivity contribution in [1.29, 1.82) is 0 Å². The van der Waals surface area contributed by atoms with Gasteiger partial charge in [-0.3, -0.25) is 10.1 Å². The van der Waals surface area contributed by atoms with E-state index in [2.05, 4.69) is 10.3 Å². The van der Waals surface area contributed by atoms with E-state index < -0.39 is 21.0 Å². The van der Waals surface area contributed by atoms with E-state index in [4.69, 9.17) is 23.2 Å². The van der Waals surface area contributed by atoms with Crippen molar-refractivity contribution in [3.63, 3.8) is 0 Å². The number of hydrogen-bond acceptors (Lipinski definition) is 5. The first kappa shape index (κ1) is 20.8. The highest BCUT2D eigenvalue weighted by atomic mass is 35.5. The van der Waals surface area contributed by atoms with E-state index in [-0.39, 0.29) is 10.5 Å². The van der Waals surface area contributed by atoms with Crippen molar-refractivity contribution >= 4 is 55.4 Å². The topological polar surface area (TPSA) is 76.1 Å². The maximum absolute atomic E-state index is 12.5. The number of amides is 1. The van der Waals surface area contributed by atoms with Crippen molar-refractivity contribution < 1.29 is 13.2 Å². The first-order valence-corrected chi connectivity index (χ1v) is 11.4. The number of thiazole rings is 1. The van der Waals surface area contributed by atoms with Crippen LogP contribution in [0.1, 0.15) is 24.2 Å². The Morgan fingerprint density at radius 2 is 1.86 bits per heavy atom. The van der Waals surface area contributed by atoms with Gasteiger partial charge in [-0.25, -0.2) is 13.4 Å². The van der Waals surface area contributed by atoms with Crippen LogP contribution in [-0.2, 0) is 9.84 Å². The van der Waals surface area contributed by atoms with E-state index in [0.29, 0.717) is 20.9 Å². The Bertz CT molecular complexity index is 1140. The van der Waals surface area contributed by atoms with Crippen LogP contribution in [0.4, 0.5) is 5.13 Å². The molecule has 0 aliphatic heterocycles. The zero-order valence-corrected chi connectivity index (χ0v) is 18.1. The molecule has 0 radical (unpaired) electrons. The number of carbonyl (C=O) groups is 1. The Balaban J connectivity index is 1.81. The van der Waals surface area contributed by atoms with Gasteiger partial charge < -0.3 is 0 Å². The van der Waals surface area contributed by atoms with Crippen LogP contribution in [0.25, 0.3) is 11.3 Å². The van der Waals surface area contributed by atoms with Crippen molar-refractivity contribution in [1.82, 2.24) is 4.98 Å². The minimum absolute atomic E-state index is 0.116. The molecular formula is C19H16Cl2N2O3S2. The molecule has 2 aromatic carbocycles. The highest BCUT2D eigenvalue weighted by Crippen LogP contribution is 2.30. The second-order valence-electron chi connectivity index (χ2n) is 6.24. The summed E-state index contributed by atoms with van der Waals surface area (Å²) in [4.78, 5) is 17.0. The minimum atomic E-state index is -3.46. The summed E-state index contributed by atoms with van der Waals surface area (Å²) in [7, 11) is -3.46. The summed E-state index contributed by atoms with van der Waals surface area (Å²) in [5.41, 5.74) is 1.67. The molecule has 3 rings (SSSR count). The minimum Gasteiger partial charge on any atom is -0.298 e. The molecular weight excluding hydrogens is 439 g/mol. The summed E-state index contributed by atoms with van der Waals surface area (Å²) in [5, 5.41) is 5.17. The van der Waals surface area contributed by atoms with Crippen LogP contribution in [-0.4, -0.2) is 24.6 Å². The summed E-state index contributed by atoms with van der Waals surface area (Å²) in [6, 6.07) is 11.1. The molecule has 1 N–H and O–H groups in total. The van der Waals surface area contributed by atoms with Gasteiger partial charge in [0.2, 0.25) is 0 Å². The highest BCUT2D eigenvalue weighted by Gasteiger charge is 2.20. The normalized spacial score (nSPS) is 11.6. The molecule has 9 heteroatoms. The van der Waals surface area contributed by atoms with Gasteiger partial charge >= 0.3 is 0 Å². The van der Waals surface area contributed by atoms with Gasteiger partial charge in [-0.05, 0) is 44.2 Å². The number of aromatic nitrogens is 1. The Labute approximate surface area is 177 Å². The van der Waals surface area contributed by atoms with Gasteiger partial charge in [-0.2, -0.15) is 0 Å². The van der Waals surface area contributed by atoms with Gasteiger partial charge in [0, 0.05) is 16.5 Å². The van der Waals surface area contributed by atoms with Crippen LogP contribution in [0.5, 0.6) is 0 Å². The summed E-state index contributed by atoms with van der Waals surface area (Å²) < 4.78 is 24.6. The molecule has 28 heavy (non-hydrogen) atoms. The average Bonchev–Trinajstić information content (AvgIpc) is 3.12. The molecule has 0 fully saturated rings. The maximum atomic E-state index is 12.5. The number of sulfone groups is 1. The summed E-state index contributed by atoms with van der Waals surface area (Å²) in [6.45, 7) is 3.20. The fourth-order valence-electron chi connectivity index (χ4n) is 2.37. The second kappa shape index (κ2) is 8.21. The lowest BCUT2D eigenvalue weighted by Gasteiger charge is -2.09. The third-order valence-corrected chi connectivity index (χ3v) is 7.63. The van der Waals surface area contributed by atoms with E-state index in [1.165, 1.54) is 23.5 Å². The zero-order valence-electron chi connectivity index (χ0n) is 14.9. The fourth-order valence-corrected chi connectivity index (χ4v) is 4.49. The van der Waals surface area contributed by atoms with Crippen LogP contribution in [0.2, 0.25) is 10.0 Å². The first-order valence-electron chi connectivity index (χ1n) is 8.25. The predicted molar refractivity (Wildman–Crippen MR) is 114 cm³/mol. The smallest absolute Gasteiger partial charge is 0.257 e. The summed E-state index contributed by atoms with van der Waals surface area (Å²) >= 11 is 13.2. The summed E-state index contributed by atoms with van der Waals surface area (Å²) in [5.74, 6) is -0.434. The molecule has 0 saturated heterocycles. The lowest BCUT2D eigenvalue weighted by molar-refractivity contribution is 0.102. The lowest BCUT2D eigenvalue weighted by atomic mass is 10.2.